The van der Waals surface area contributed by atoms with Gasteiger partial charge in [0.15, 0.2) is 7.00 Å². The molecule has 4 heteroatoms. The van der Waals surface area contributed by atoms with Crippen molar-refractivity contribution < 1.29 is 0 Å². The zero-order valence-electron chi connectivity index (χ0n) is 15.6. The molecule has 0 aromatic carbocycles. The molecule has 1 unspecified atom stereocenters. The molecule has 1 heterocycles. The maximum atomic E-state index is 2.76. The average molecular weight is 332 g/mol. The molecule has 5 rings (SSSR count). The third kappa shape index (κ3) is 3.08. The van der Waals surface area contributed by atoms with Crippen LogP contribution in [-0.2, 0) is 0 Å². The normalized spacial score (nSPS) is 40.1. The van der Waals surface area contributed by atoms with Gasteiger partial charge in [0.25, 0.3) is 0 Å². The Labute approximate surface area is 145 Å². The lowest BCUT2D eigenvalue weighted by Crippen LogP contribution is -2.58. The molecule has 4 fully saturated rings. The largest absolute Gasteiger partial charge is 0.366 e. The maximum Gasteiger partial charge on any atom is 0.175 e. The summed E-state index contributed by atoms with van der Waals surface area (Å²) in [6.07, 6.45) is 15.2. The van der Waals surface area contributed by atoms with Gasteiger partial charge in [0, 0.05) is 17.9 Å². The van der Waals surface area contributed by atoms with Crippen LogP contribution in [0.25, 0.3) is 0 Å². The quantitative estimate of drug-likeness (QED) is 0.562. The summed E-state index contributed by atoms with van der Waals surface area (Å²) in [6.45, 7) is 12.2. The zero-order valence-corrected chi connectivity index (χ0v) is 16.5. The van der Waals surface area contributed by atoms with E-state index in [9.17, 15) is 0 Å². The van der Waals surface area contributed by atoms with Crippen LogP contribution in [0.4, 0.5) is 0 Å². The molecule has 0 aromatic heterocycles. The fourth-order valence-corrected chi connectivity index (χ4v) is 7.18. The summed E-state index contributed by atoms with van der Waals surface area (Å²) in [4.78, 5) is 5.34. The minimum Gasteiger partial charge on any atom is -0.366 e. The molecule has 23 heavy (non-hydrogen) atoms. The highest BCUT2D eigenvalue weighted by Crippen LogP contribution is 2.58. The Balaban J connectivity index is 1.35. The lowest BCUT2D eigenvalue weighted by molar-refractivity contribution is -0.0742. The zero-order chi connectivity index (χ0) is 16.2. The van der Waals surface area contributed by atoms with Gasteiger partial charge in [-0.15, -0.1) is 7.80 Å². The second kappa shape index (κ2) is 5.68. The molecule has 5 aliphatic rings. The monoisotopic (exact) mass is 332 g/mol. The minimum absolute atomic E-state index is 0.127. The van der Waals surface area contributed by atoms with Crippen molar-refractivity contribution in [1.82, 2.24) is 9.80 Å². The first-order valence-electron chi connectivity index (χ1n) is 9.74. The molecule has 1 atom stereocenters. The van der Waals surface area contributed by atoms with Gasteiger partial charge in [0.05, 0.1) is 6.67 Å². The average Bonchev–Trinajstić information content (AvgIpc) is 2.91. The molecule has 4 saturated carbocycles. The first-order valence-corrected chi connectivity index (χ1v) is 11.7. The van der Waals surface area contributed by atoms with E-state index in [1.165, 1.54) is 39.4 Å². The molecule has 0 spiro atoms. The second-order valence-electron chi connectivity index (χ2n) is 9.96. The Hall–Kier alpha value is -0.165. The van der Waals surface area contributed by atoms with E-state index in [4.69, 9.17) is 0 Å². The Morgan fingerprint density at radius 2 is 1.61 bits per heavy atom. The lowest BCUT2D eigenvalue weighted by Gasteiger charge is -2.60. The Morgan fingerprint density at radius 3 is 2.13 bits per heavy atom. The van der Waals surface area contributed by atoms with Crippen LogP contribution >= 0.6 is 7.80 Å². The highest BCUT2D eigenvalue weighted by atomic mass is 31.1. The summed E-state index contributed by atoms with van der Waals surface area (Å²) >= 11 is 0. The van der Waals surface area contributed by atoms with Crippen molar-refractivity contribution >= 4 is 14.8 Å². The molecular weight excluding hydrogens is 298 g/mol. The first-order chi connectivity index (χ1) is 10.8. The van der Waals surface area contributed by atoms with Gasteiger partial charge in [-0.3, -0.25) is 0 Å². The molecule has 0 saturated heterocycles. The standard InChI is InChI=1S/C19H34BN2P/c1-18(2,3)23(4)20-13-21-5-6-22(14-21)19-10-15-7-16(11-19)9-17(8-15)12-19/h5-6,15-17,20H,7-14H2,1-4H3. The first kappa shape index (κ1) is 16.3. The van der Waals surface area contributed by atoms with Crippen LogP contribution in [0.1, 0.15) is 59.3 Å². The van der Waals surface area contributed by atoms with Crippen LogP contribution in [0.5, 0.6) is 0 Å². The van der Waals surface area contributed by atoms with Crippen molar-refractivity contribution in [3.05, 3.63) is 12.4 Å². The topological polar surface area (TPSA) is 6.48 Å². The van der Waals surface area contributed by atoms with E-state index in [1.54, 1.807) is 19.3 Å². The lowest BCUT2D eigenvalue weighted by atomic mass is 9.52. The van der Waals surface area contributed by atoms with E-state index in [0.29, 0.717) is 10.7 Å². The summed E-state index contributed by atoms with van der Waals surface area (Å²) in [5.74, 6) is 3.15. The SMILES string of the molecule is CP(BCN1C=CN(C23CC4CC(CC(C4)C2)C3)C1)C(C)(C)C. The van der Waals surface area contributed by atoms with Crippen LogP contribution in [0, 0.1) is 17.8 Å². The van der Waals surface area contributed by atoms with E-state index in [0.717, 1.165) is 17.8 Å². The third-order valence-electron chi connectivity index (χ3n) is 7.27. The Kier molecular flexibility index (Phi) is 4.03. The minimum atomic E-state index is 0.127. The molecule has 0 radical (unpaired) electrons. The maximum absolute atomic E-state index is 2.76. The van der Waals surface area contributed by atoms with Gasteiger partial charge < -0.3 is 9.80 Å². The van der Waals surface area contributed by atoms with Crippen molar-refractivity contribution in [3.8, 4) is 0 Å². The van der Waals surface area contributed by atoms with Gasteiger partial charge in [-0.2, -0.15) is 0 Å². The molecule has 1 aliphatic heterocycles. The number of hydrogen-bond acceptors (Lipinski definition) is 2. The molecule has 4 aliphatic carbocycles. The molecule has 0 amide bonds. The molecule has 0 N–H and O–H groups in total. The number of hydrogen-bond donors (Lipinski definition) is 0. The van der Waals surface area contributed by atoms with Crippen LogP contribution in [0.15, 0.2) is 12.4 Å². The summed E-state index contributed by atoms with van der Waals surface area (Å²) < 4.78 is 0. The fraction of sp³-hybridized carbons (Fsp3) is 0.895. The fourth-order valence-electron chi connectivity index (χ4n) is 5.95. The van der Waals surface area contributed by atoms with Crippen LogP contribution < -0.4 is 0 Å². The highest BCUT2D eigenvalue weighted by molar-refractivity contribution is 7.86. The number of nitrogens with zero attached hydrogens (tertiary/aromatic N) is 2. The van der Waals surface area contributed by atoms with Crippen LogP contribution in [0.3, 0.4) is 0 Å². The van der Waals surface area contributed by atoms with Crippen molar-refractivity contribution in [2.75, 3.05) is 19.8 Å². The van der Waals surface area contributed by atoms with E-state index >= 15 is 0 Å². The molecular formula is C19H34BN2P. The van der Waals surface area contributed by atoms with Crippen molar-refractivity contribution in [2.24, 2.45) is 17.8 Å². The molecule has 128 valence electrons. The van der Waals surface area contributed by atoms with Gasteiger partial charge in [0.1, 0.15) is 0 Å². The third-order valence-corrected chi connectivity index (χ3v) is 10.4. The number of rotatable bonds is 4. The van der Waals surface area contributed by atoms with E-state index in [1.807, 2.05) is 0 Å². The van der Waals surface area contributed by atoms with E-state index in [2.05, 4.69) is 49.6 Å². The molecule has 0 aromatic rings. The van der Waals surface area contributed by atoms with Crippen molar-refractivity contribution in [3.63, 3.8) is 0 Å². The van der Waals surface area contributed by atoms with Crippen molar-refractivity contribution in [2.45, 2.75) is 70.0 Å². The van der Waals surface area contributed by atoms with Crippen LogP contribution in [0.2, 0.25) is 0 Å². The van der Waals surface area contributed by atoms with Gasteiger partial charge in [0.2, 0.25) is 0 Å². The Bertz CT molecular complexity index is 449. The van der Waals surface area contributed by atoms with Crippen molar-refractivity contribution in [1.29, 1.82) is 0 Å². The van der Waals surface area contributed by atoms with Gasteiger partial charge in [-0.1, -0.05) is 27.4 Å². The van der Waals surface area contributed by atoms with E-state index in [-0.39, 0.29) is 7.80 Å². The summed E-state index contributed by atoms with van der Waals surface area (Å²) in [5.41, 5.74) is 0.543. The van der Waals surface area contributed by atoms with Crippen LogP contribution in [-0.4, -0.2) is 47.3 Å². The molecule has 2 nitrogen and oxygen atoms in total. The predicted octanol–water partition coefficient (Wildman–Crippen LogP) is 4.22. The Morgan fingerprint density at radius 1 is 1.04 bits per heavy atom. The van der Waals surface area contributed by atoms with Gasteiger partial charge in [-0.05, 0) is 67.9 Å². The van der Waals surface area contributed by atoms with Gasteiger partial charge in [-0.25, -0.2) is 0 Å². The van der Waals surface area contributed by atoms with Gasteiger partial charge >= 0.3 is 0 Å². The summed E-state index contributed by atoms with van der Waals surface area (Å²) in [6, 6.07) is 0. The second-order valence-corrected chi connectivity index (χ2v) is 13.1. The predicted molar refractivity (Wildman–Crippen MR) is 103 cm³/mol. The summed E-state index contributed by atoms with van der Waals surface area (Å²) in [5, 5.41) is 0.498. The summed E-state index contributed by atoms with van der Waals surface area (Å²) in [7, 11) is 0.127. The highest BCUT2D eigenvalue weighted by Gasteiger charge is 2.53. The smallest absolute Gasteiger partial charge is 0.175 e. The van der Waals surface area contributed by atoms with E-state index < -0.39 is 0 Å². The molecule has 4 bridgehead atoms.